The van der Waals surface area contributed by atoms with Crippen LogP contribution >= 0.6 is 0 Å². The molecule has 3 aromatic rings. The molecule has 1 N–H and O–H groups in total. The van der Waals surface area contributed by atoms with Gasteiger partial charge < -0.3 is 5.32 Å². The summed E-state index contributed by atoms with van der Waals surface area (Å²) >= 11 is 0. The van der Waals surface area contributed by atoms with E-state index in [0.29, 0.717) is 17.9 Å². The van der Waals surface area contributed by atoms with Crippen LogP contribution in [0.3, 0.4) is 0 Å². The number of nitrogens with zero attached hydrogens (tertiary/aromatic N) is 5. The minimum atomic E-state index is -0.197. The van der Waals surface area contributed by atoms with Gasteiger partial charge in [-0.2, -0.15) is 15.5 Å². The minimum Gasteiger partial charge on any atom is -0.309 e. The quantitative estimate of drug-likeness (QED) is 0.781. The monoisotopic (exact) mass is 320 g/mol. The number of hydrogen-bond donors (Lipinski definition) is 1. The molecule has 24 heavy (non-hydrogen) atoms. The van der Waals surface area contributed by atoms with Crippen LogP contribution in [-0.2, 0) is 11.3 Å². The first-order chi connectivity index (χ1) is 11.7. The molecule has 3 rings (SSSR count). The molecule has 7 nitrogen and oxygen atoms in total. The summed E-state index contributed by atoms with van der Waals surface area (Å²) in [4.78, 5) is 12.2. The molecule has 0 spiro atoms. The fourth-order valence-electron chi connectivity index (χ4n) is 2.32. The number of benzene rings is 1. The first-order valence-electron chi connectivity index (χ1n) is 7.50. The first-order valence-corrected chi connectivity index (χ1v) is 7.50. The highest BCUT2D eigenvalue weighted by molar-refractivity contribution is 5.91. The molecule has 0 bridgehead atoms. The van der Waals surface area contributed by atoms with Gasteiger partial charge in [0.2, 0.25) is 5.91 Å². The van der Waals surface area contributed by atoms with E-state index in [2.05, 4.69) is 21.6 Å². The normalized spacial score (nSPS) is 10.3. The lowest BCUT2D eigenvalue weighted by molar-refractivity contribution is -0.116. The molecule has 0 fully saturated rings. The fraction of sp³-hybridized carbons (Fsp3) is 0.176. The molecule has 1 aromatic carbocycles. The molecule has 1 amide bonds. The number of nitriles is 1. The van der Waals surface area contributed by atoms with Crippen LogP contribution < -0.4 is 5.32 Å². The van der Waals surface area contributed by atoms with Crippen molar-refractivity contribution >= 4 is 11.7 Å². The summed E-state index contributed by atoms with van der Waals surface area (Å²) < 4.78 is 3.27. The standard InChI is InChI=1S/C17H16N6O/c1-13-10-19-22(12-13)8-7-16(24)21-17-14(9-18)11-20-23(17)15-5-3-2-4-6-15/h2-6,10-12H,7-8H2,1H3,(H,21,24). The second-order valence-corrected chi connectivity index (χ2v) is 5.34. The number of hydrogen-bond acceptors (Lipinski definition) is 4. The number of carbonyl (C=O) groups excluding carboxylic acids is 1. The van der Waals surface area contributed by atoms with Crippen molar-refractivity contribution in [1.82, 2.24) is 19.6 Å². The summed E-state index contributed by atoms with van der Waals surface area (Å²) in [7, 11) is 0. The molecule has 120 valence electrons. The van der Waals surface area contributed by atoms with E-state index in [1.807, 2.05) is 43.5 Å². The van der Waals surface area contributed by atoms with E-state index >= 15 is 0 Å². The van der Waals surface area contributed by atoms with Crippen LogP contribution in [0.4, 0.5) is 5.82 Å². The van der Waals surface area contributed by atoms with Gasteiger partial charge in [0.1, 0.15) is 11.6 Å². The molecule has 0 aliphatic rings. The summed E-state index contributed by atoms with van der Waals surface area (Å²) in [6.07, 6.45) is 5.32. The topological polar surface area (TPSA) is 88.5 Å². The SMILES string of the molecule is Cc1cnn(CCC(=O)Nc2c(C#N)cnn2-c2ccccc2)c1. The number of para-hydroxylation sites is 1. The van der Waals surface area contributed by atoms with Gasteiger partial charge in [-0.15, -0.1) is 0 Å². The van der Waals surface area contributed by atoms with E-state index in [0.717, 1.165) is 11.3 Å². The van der Waals surface area contributed by atoms with Gasteiger partial charge in [-0.3, -0.25) is 9.48 Å². The average molecular weight is 320 g/mol. The van der Waals surface area contributed by atoms with Crippen LogP contribution in [0.15, 0.2) is 48.9 Å². The third-order valence-corrected chi connectivity index (χ3v) is 3.48. The third-order valence-electron chi connectivity index (χ3n) is 3.48. The molecule has 0 radical (unpaired) electrons. The smallest absolute Gasteiger partial charge is 0.227 e. The maximum absolute atomic E-state index is 12.2. The molecule has 7 heteroatoms. The molecule has 0 unspecified atom stereocenters. The van der Waals surface area contributed by atoms with Crippen molar-refractivity contribution in [3.05, 3.63) is 60.0 Å². The van der Waals surface area contributed by atoms with Gasteiger partial charge in [0.25, 0.3) is 0 Å². The summed E-state index contributed by atoms with van der Waals surface area (Å²) in [6, 6.07) is 11.4. The van der Waals surface area contributed by atoms with Gasteiger partial charge in [0.15, 0.2) is 5.82 Å². The van der Waals surface area contributed by atoms with Crippen molar-refractivity contribution in [3.63, 3.8) is 0 Å². The van der Waals surface area contributed by atoms with Crippen molar-refractivity contribution in [3.8, 4) is 11.8 Å². The molecule has 0 aliphatic carbocycles. The maximum atomic E-state index is 12.2. The Morgan fingerprint density at radius 1 is 1.25 bits per heavy atom. The summed E-state index contributed by atoms with van der Waals surface area (Å²) in [5.74, 6) is 0.183. The molecule has 0 atom stereocenters. The van der Waals surface area contributed by atoms with Crippen LogP contribution in [0.5, 0.6) is 0 Å². The molecule has 2 aromatic heterocycles. The van der Waals surface area contributed by atoms with Gasteiger partial charge in [-0.25, -0.2) is 4.68 Å². The highest BCUT2D eigenvalue weighted by atomic mass is 16.1. The number of rotatable bonds is 5. The number of aromatic nitrogens is 4. The van der Waals surface area contributed by atoms with Crippen molar-refractivity contribution in [2.24, 2.45) is 0 Å². The second kappa shape index (κ2) is 6.79. The van der Waals surface area contributed by atoms with E-state index in [4.69, 9.17) is 0 Å². The predicted octanol–water partition coefficient (Wildman–Crippen LogP) is 2.28. The summed E-state index contributed by atoms with van der Waals surface area (Å²) in [5.41, 5.74) is 2.14. The first kappa shape index (κ1) is 15.5. The van der Waals surface area contributed by atoms with Crippen molar-refractivity contribution in [2.75, 3.05) is 5.32 Å². The molecular weight excluding hydrogens is 304 g/mol. The van der Waals surface area contributed by atoms with Gasteiger partial charge in [-0.05, 0) is 24.6 Å². The number of aryl methyl sites for hydroxylation is 2. The van der Waals surface area contributed by atoms with E-state index < -0.39 is 0 Å². The number of amides is 1. The minimum absolute atomic E-state index is 0.197. The van der Waals surface area contributed by atoms with E-state index in [-0.39, 0.29) is 12.3 Å². The Kier molecular flexibility index (Phi) is 4.38. The number of carbonyl (C=O) groups is 1. The molecule has 0 saturated heterocycles. The lowest BCUT2D eigenvalue weighted by atomic mass is 10.3. The Bertz CT molecular complexity index is 887. The predicted molar refractivity (Wildman–Crippen MR) is 88.5 cm³/mol. The molecule has 2 heterocycles. The zero-order valence-electron chi connectivity index (χ0n) is 13.2. The van der Waals surface area contributed by atoms with E-state index in [1.165, 1.54) is 6.20 Å². The van der Waals surface area contributed by atoms with Crippen LogP contribution in [0.1, 0.15) is 17.5 Å². The Hall–Kier alpha value is -3.40. The Morgan fingerprint density at radius 2 is 2.04 bits per heavy atom. The van der Waals surface area contributed by atoms with Crippen LogP contribution in [0, 0.1) is 18.3 Å². The average Bonchev–Trinajstić information content (AvgIpc) is 3.20. The van der Waals surface area contributed by atoms with Crippen LogP contribution in [0.25, 0.3) is 5.69 Å². The number of nitrogens with one attached hydrogen (secondary N) is 1. The fourth-order valence-corrected chi connectivity index (χ4v) is 2.32. The Labute approximate surface area is 139 Å². The highest BCUT2D eigenvalue weighted by Crippen LogP contribution is 2.19. The summed E-state index contributed by atoms with van der Waals surface area (Å²) in [6.45, 7) is 2.42. The van der Waals surface area contributed by atoms with Crippen molar-refractivity contribution in [1.29, 1.82) is 5.26 Å². The van der Waals surface area contributed by atoms with E-state index in [9.17, 15) is 10.1 Å². The Morgan fingerprint density at radius 3 is 2.71 bits per heavy atom. The van der Waals surface area contributed by atoms with Crippen molar-refractivity contribution < 1.29 is 4.79 Å². The van der Waals surface area contributed by atoms with Crippen LogP contribution in [-0.4, -0.2) is 25.5 Å². The van der Waals surface area contributed by atoms with Gasteiger partial charge in [0, 0.05) is 19.2 Å². The third kappa shape index (κ3) is 3.33. The lowest BCUT2D eigenvalue weighted by Crippen LogP contribution is -2.17. The maximum Gasteiger partial charge on any atom is 0.227 e. The van der Waals surface area contributed by atoms with Crippen molar-refractivity contribution in [2.45, 2.75) is 19.9 Å². The van der Waals surface area contributed by atoms with Crippen LogP contribution in [0.2, 0.25) is 0 Å². The lowest BCUT2D eigenvalue weighted by Gasteiger charge is -2.09. The number of anilines is 1. The molecule has 0 saturated carbocycles. The highest BCUT2D eigenvalue weighted by Gasteiger charge is 2.15. The van der Waals surface area contributed by atoms with Gasteiger partial charge in [0.05, 0.1) is 18.1 Å². The zero-order chi connectivity index (χ0) is 16.9. The molecule has 0 aliphatic heterocycles. The summed E-state index contributed by atoms with van der Waals surface area (Å²) in [5, 5.41) is 20.4. The van der Waals surface area contributed by atoms with Gasteiger partial charge >= 0.3 is 0 Å². The largest absolute Gasteiger partial charge is 0.309 e. The van der Waals surface area contributed by atoms with E-state index in [1.54, 1.807) is 15.6 Å². The Balaban J connectivity index is 1.75. The molecular formula is C17H16N6O. The second-order valence-electron chi connectivity index (χ2n) is 5.34. The van der Waals surface area contributed by atoms with Gasteiger partial charge in [-0.1, -0.05) is 18.2 Å². The zero-order valence-corrected chi connectivity index (χ0v) is 13.2.